The molecule has 1 aliphatic heterocycles. The average Bonchev–Trinajstić information content (AvgIpc) is 2.50. The third-order valence-electron chi connectivity index (χ3n) is 3.88. The number of likely N-dealkylation sites (tertiary alicyclic amines) is 1. The Hall–Kier alpha value is -1.83. The first-order valence-electron chi connectivity index (χ1n) is 8.30. The number of piperidine rings is 1. The molecule has 0 bridgehead atoms. The van der Waals surface area contributed by atoms with E-state index in [1.807, 2.05) is 20.8 Å². The number of nitrogens with one attached hydrogen (secondary N) is 2. The van der Waals surface area contributed by atoms with Crippen LogP contribution in [0.4, 0.5) is 10.5 Å². The van der Waals surface area contributed by atoms with E-state index in [1.165, 1.54) is 6.20 Å². The minimum atomic E-state index is -0.509. The second-order valence-electron chi connectivity index (χ2n) is 7.22. The van der Waals surface area contributed by atoms with Crippen LogP contribution in [0.5, 0.6) is 0 Å². The predicted molar refractivity (Wildman–Crippen MR) is 98.5 cm³/mol. The van der Waals surface area contributed by atoms with Crippen molar-refractivity contribution >= 4 is 33.6 Å². The Labute approximate surface area is 155 Å². The number of aromatic nitrogens is 1. The van der Waals surface area contributed by atoms with Crippen molar-refractivity contribution < 1.29 is 14.3 Å². The van der Waals surface area contributed by atoms with Crippen LogP contribution in [0.1, 0.15) is 40.0 Å². The number of carbonyl (C=O) groups is 2. The van der Waals surface area contributed by atoms with Crippen molar-refractivity contribution in [3.63, 3.8) is 0 Å². The van der Waals surface area contributed by atoms with E-state index in [0.29, 0.717) is 24.0 Å². The molecule has 1 aromatic rings. The third-order valence-corrected chi connectivity index (χ3v) is 4.34. The lowest BCUT2D eigenvalue weighted by molar-refractivity contribution is -0.117. The number of hydrogen-bond acceptors (Lipinski definition) is 4. The first kappa shape index (κ1) is 19.5. The number of pyridine rings is 1. The minimum Gasteiger partial charge on any atom is -0.444 e. The van der Waals surface area contributed by atoms with Crippen molar-refractivity contribution in [2.45, 2.75) is 45.6 Å². The molecule has 1 saturated heterocycles. The quantitative estimate of drug-likeness (QED) is 0.795. The Kier molecular flexibility index (Phi) is 6.26. The Balaban J connectivity index is 1.81. The maximum absolute atomic E-state index is 12.2. The van der Waals surface area contributed by atoms with Gasteiger partial charge in [-0.25, -0.2) is 4.79 Å². The van der Waals surface area contributed by atoms with Crippen molar-refractivity contribution in [1.29, 1.82) is 0 Å². The summed E-state index contributed by atoms with van der Waals surface area (Å²) >= 11 is 3.25. The molecule has 0 radical (unpaired) electrons. The highest BCUT2D eigenvalue weighted by Crippen LogP contribution is 2.23. The molecule has 2 amide bonds. The molecular weight excluding hydrogens is 390 g/mol. The summed E-state index contributed by atoms with van der Waals surface area (Å²) in [5.74, 6) is -0.00996. The molecule has 0 unspecified atom stereocenters. The number of rotatable bonds is 3. The lowest BCUT2D eigenvalue weighted by Gasteiger charge is -2.33. The van der Waals surface area contributed by atoms with E-state index in [9.17, 15) is 14.4 Å². The maximum atomic E-state index is 12.2. The molecule has 2 rings (SSSR count). The van der Waals surface area contributed by atoms with Crippen LogP contribution in [0.3, 0.4) is 0 Å². The van der Waals surface area contributed by atoms with Gasteiger partial charge in [0.15, 0.2) is 0 Å². The fourth-order valence-corrected chi connectivity index (χ4v) is 3.00. The van der Waals surface area contributed by atoms with Gasteiger partial charge in [-0.15, -0.1) is 0 Å². The fraction of sp³-hybridized carbons (Fsp3) is 0.588. The molecule has 138 valence electrons. The summed E-state index contributed by atoms with van der Waals surface area (Å²) in [7, 11) is 0. The largest absolute Gasteiger partial charge is 0.444 e. The van der Waals surface area contributed by atoms with Crippen LogP contribution in [0, 0.1) is 5.92 Å². The highest BCUT2D eigenvalue weighted by molar-refractivity contribution is 9.10. The molecule has 0 saturated carbocycles. The standard InChI is InChI=1S/C17H24BrN3O4/c1-17(2,3)25-16(24)21-6-4-11(5-7-21)8-14(22)20-13-9-12(18)10-19-15(13)23/h9-11H,4-8H2,1-3H3,(H,19,23)(H,20,22). The summed E-state index contributed by atoms with van der Waals surface area (Å²) in [6.07, 6.45) is 3.01. The third kappa shape index (κ3) is 6.19. The number of carbonyl (C=O) groups excluding carboxylic acids is 2. The van der Waals surface area contributed by atoms with Crippen LogP contribution >= 0.6 is 15.9 Å². The number of hydrogen-bond donors (Lipinski definition) is 2. The van der Waals surface area contributed by atoms with Gasteiger partial charge in [0.2, 0.25) is 5.91 Å². The number of anilines is 1. The molecule has 1 aliphatic rings. The summed E-state index contributed by atoms with van der Waals surface area (Å²) in [6.45, 7) is 6.66. The Morgan fingerprint density at radius 3 is 2.60 bits per heavy atom. The van der Waals surface area contributed by atoms with Gasteiger partial charge in [-0.2, -0.15) is 0 Å². The number of nitrogens with zero attached hydrogens (tertiary/aromatic N) is 1. The van der Waals surface area contributed by atoms with E-state index in [1.54, 1.807) is 11.0 Å². The smallest absolute Gasteiger partial charge is 0.410 e. The van der Waals surface area contributed by atoms with Gasteiger partial charge in [0.25, 0.3) is 5.56 Å². The Morgan fingerprint density at radius 2 is 2.00 bits per heavy atom. The van der Waals surface area contributed by atoms with E-state index in [0.717, 1.165) is 12.8 Å². The zero-order valence-electron chi connectivity index (χ0n) is 14.7. The highest BCUT2D eigenvalue weighted by Gasteiger charge is 2.27. The van der Waals surface area contributed by atoms with Gasteiger partial charge < -0.3 is 19.9 Å². The van der Waals surface area contributed by atoms with Crippen molar-refractivity contribution in [1.82, 2.24) is 9.88 Å². The van der Waals surface area contributed by atoms with Gasteiger partial charge in [-0.1, -0.05) is 0 Å². The van der Waals surface area contributed by atoms with Gasteiger partial charge in [-0.05, 0) is 61.5 Å². The molecule has 0 aliphatic carbocycles. The summed E-state index contributed by atoms with van der Waals surface area (Å²) in [6, 6.07) is 1.57. The molecule has 0 aromatic carbocycles. The molecular formula is C17H24BrN3O4. The van der Waals surface area contributed by atoms with E-state index >= 15 is 0 Å². The topological polar surface area (TPSA) is 91.5 Å². The molecule has 2 N–H and O–H groups in total. The summed E-state index contributed by atoms with van der Waals surface area (Å²) < 4.78 is 6.05. The zero-order valence-corrected chi connectivity index (χ0v) is 16.3. The lowest BCUT2D eigenvalue weighted by Crippen LogP contribution is -2.42. The molecule has 1 fully saturated rings. The van der Waals surface area contributed by atoms with E-state index in [-0.39, 0.29) is 29.2 Å². The fourth-order valence-electron chi connectivity index (χ4n) is 2.66. The number of halogens is 1. The van der Waals surface area contributed by atoms with Crippen molar-refractivity contribution in [2.24, 2.45) is 5.92 Å². The molecule has 2 heterocycles. The van der Waals surface area contributed by atoms with Crippen LogP contribution in [0.25, 0.3) is 0 Å². The number of H-pyrrole nitrogens is 1. The monoisotopic (exact) mass is 413 g/mol. The first-order chi connectivity index (χ1) is 11.6. The van der Waals surface area contributed by atoms with Gasteiger partial charge in [0.1, 0.15) is 11.3 Å². The van der Waals surface area contributed by atoms with E-state index < -0.39 is 5.60 Å². The second kappa shape index (κ2) is 8.03. The van der Waals surface area contributed by atoms with Crippen LogP contribution in [-0.2, 0) is 9.53 Å². The van der Waals surface area contributed by atoms with Gasteiger partial charge in [-0.3, -0.25) is 9.59 Å². The van der Waals surface area contributed by atoms with Crippen LogP contribution in [0.2, 0.25) is 0 Å². The Bertz CT molecular complexity index is 688. The van der Waals surface area contributed by atoms with Gasteiger partial charge in [0, 0.05) is 30.2 Å². The highest BCUT2D eigenvalue weighted by atomic mass is 79.9. The van der Waals surface area contributed by atoms with E-state index in [2.05, 4.69) is 26.2 Å². The molecule has 8 heteroatoms. The molecule has 25 heavy (non-hydrogen) atoms. The lowest BCUT2D eigenvalue weighted by atomic mass is 9.93. The van der Waals surface area contributed by atoms with Crippen molar-refractivity contribution in [2.75, 3.05) is 18.4 Å². The second-order valence-corrected chi connectivity index (χ2v) is 8.14. The van der Waals surface area contributed by atoms with Gasteiger partial charge >= 0.3 is 6.09 Å². The molecule has 1 aromatic heterocycles. The normalized spacial score (nSPS) is 15.8. The maximum Gasteiger partial charge on any atom is 0.410 e. The minimum absolute atomic E-state index is 0.185. The summed E-state index contributed by atoms with van der Waals surface area (Å²) in [5, 5.41) is 2.65. The van der Waals surface area contributed by atoms with Crippen LogP contribution in [0.15, 0.2) is 21.5 Å². The van der Waals surface area contributed by atoms with Crippen LogP contribution < -0.4 is 10.9 Å². The Morgan fingerprint density at radius 1 is 1.36 bits per heavy atom. The molecule has 0 spiro atoms. The van der Waals surface area contributed by atoms with Gasteiger partial charge in [0.05, 0.1) is 0 Å². The van der Waals surface area contributed by atoms with Crippen molar-refractivity contribution in [3.8, 4) is 0 Å². The molecule has 7 nitrogen and oxygen atoms in total. The van der Waals surface area contributed by atoms with E-state index in [4.69, 9.17) is 4.74 Å². The molecule has 0 atom stereocenters. The number of ether oxygens (including phenoxy) is 1. The number of aromatic amines is 1. The summed E-state index contributed by atoms with van der Waals surface area (Å²) in [5.41, 5.74) is -0.618. The van der Waals surface area contributed by atoms with Crippen LogP contribution in [-0.4, -0.2) is 40.6 Å². The SMILES string of the molecule is CC(C)(C)OC(=O)N1CCC(CC(=O)Nc2cc(Br)c[nH]c2=O)CC1. The summed E-state index contributed by atoms with van der Waals surface area (Å²) in [4.78, 5) is 40.1. The predicted octanol–water partition coefficient (Wildman–Crippen LogP) is 3.11. The number of amides is 2. The average molecular weight is 414 g/mol. The first-order valence-corrected chi connectivity index (χ1v) is 9.09. The van der Waals surface area contributed by atoms with Crippen molar-refractivity contribution in [3.05, 3.63) is 27.1 Å². The zero-order chi connectivity index (χ0) is 18.6.